The summed E-state index contributed by atoms with van der Waals surface area (Å²) in [5, 5.41) is 27.6. The lowest BCUT2D eigenvalue weighted by atomic mass is 10.1. The molecule has 19 heavy (non-hydrogen) atoms. The topological polar surface area (TPSA) is 98.1 Å². The van der Waals surface area contributed by atoms with Crippen LogP contribution in [0.5, 0.6) is 11.5 Å². The molecule has 0 radical (unpaired) electrons. The van der Waals surface area contributed by atoms with E-state index in [1.54, 1.807) is 6.92 Å². The highest BCUT2D eigenvalue weighted by atomic mass is 16.4. The second kappa shape index (κ2) is 6.08. The first-order valence-electron chi connectivity index (χ1n) is 5.91. The Kier molecular flexibility index (Phi) is 4.74. The first-order chi connectivity index (χ1) is 8.85. The lowest BCUT2D eigenvalue weighted by molar-refractivity contribution is -0.138. The Morgan fingerprint density at radius 1 is 1.21 bits per heavy atom. The van der Waals surface area contributed by atoms with Gasteiger partial charge in [-0.1, -0.05) is 6.92 Å². The molecule has 1 aromatic rings. The van der Waals surface area contributed by atoms with E-state index in [1.165, 1.54) is 17.0 Å². The van der Waals surface area contributed by atoms with Crippen LogP contribution >= 0.6 is 0 Å². The van der Waals surface area contributed by atoms with Gasteiger partial charge in [0.1, 0.15) is 18.0 Å². The third-order valence-electron chi connectivity index (χ3n) is 2.84. The average molecular weight is 267 g/mol. The van der Waals surface area contributed by atoms with Crippen LogP contribution in [-0.4, -0.2) is 44.7 Å². The molecule has 6 nitrogen and oxygen atoms in total. The summed E-state index contributed by atoms with van der Waals surface area (Å²) in [7, 11) is 0. The number of rotatable bonds is 5. The van der Waals surface area contributed by atoms with E-state index in [1.807, 2.05) is 6.92 Å². The Labute approximate surface area is 110 Å². The largest absolute Gasteiger partial charge is 0.508 e. The monoisotopic (exact) mass is 267 g/mol. The minimum absolute atomic E-state index is 0.0547. The van der Waals surface area contributed by atoms with Gasteiger partial charge in [0.25, 0.3) is 5.91 Å². The summed E-state index contributed by atoms with van der Waals surface area (Å²) < 4.78 is 0. The number of carbonyl (C=O) groups is 2. The Bertz CT molecular complexity index is 466. The number of hydrogen-bond acceptors (Lipinski definition) is 4. The molecule has 0 aromatic heterocycles. The van der Waals surface area contributed by atoms with Crippen LogP contribution < -0.4 is 0 Å². The van der Waals surface area contributed by atoms with Gasteiger partial charge in [0.2, 0.25) is 0 Å². The number of hydrogen-bond donors (Lipinski definition) is 3. The van der Waals surface area contributed by atoms with Gasteiger partial charge in [-0.3, -0.25) is 9.59 Å². The number of amides is 1. The second-order valence-electron chi connectivity index (χ2n) is 4.32. The third-order valence-corrected chi connectivity index (χ3v) is 2.84. The van der Waals surface area contributed by atoms with Gasteiger partial charge < -0.3 is 20.2 Å². The lowest BCUT2D eigenvalue weighted by Crippen LogP contribution is -2.41. The van der Waals surface area contributed by atoms with Crippen LogP contribution in [0.15, 0.2) is 18.2 Å². The van der Waals surface area contributed by atoms with Crippen LogP contribution in [0.25, 0.3) is 0 Å². The zero-order chi connectivity index (χ0) is 14.6. The van der Waals surface area contributed by atoms with Crippen molar-refractivity contribution in [3.8, 4) is 11.5 Å². The number of carboxylic acid groups (broad SMARTS) is 1. The predicted octanol–water partition coefficient (Wildman–Crippen LogP) is 1.42. The lowest BCUT2D eigenvalue weighted by Gasteiger charge is -2.27. The first-order valence-corrected chi connectivity index (χ1v) is 5.91. The van der Waals surface area contributed by atoms with E-state index in [0.717, 1.165) is 6.07 Å². The van der Waals surface area contributed by atoms with Crippen molar-refractivity contribution in [1.29, 1.82) is 0 Å². The molecule has 3 N–H and O–H groups in total. The summed E-state index contributed by atoms with van der Waals surface area (Å²) in [4.78, 5) is 24.2. The number of carbonyl (C=O) groups excluding carboxylic acids is 1. The first kappa shape index (κ1) is 14.8. The Morgan fingerprint density at radius 2 is 1.74 bits per heavy atom. The molecule has 104 valence electrons. The number of aliphatic carboxylic acids is 1. The van der Waals surface area contributed by atoms with E-state index in [9.17, 15) is 19.8 Å². The normalized spacial score (nSPS) is 11.9. The molecule has 1 aromatic carbocycles. The maximum atomic E-state index is 12.2. The second-order valence-corrected chi connectivity index (χ2v) is 4.32. The van der Waals surface area contributed by atoms with Gasteiger partial charge in [-0.15, -0.1) is 0 Å². The van der Waals surface area contributed by atoms with Crippen molar-refractivity contribution in [2.24, 2.45) is 0 Å². The molecular weight excluding hydrogens is 250 g/mol. The van der Waals surface area contributed by atoms with E-state index < -0.39 is 18.4 Å². The van der Waals surface area contributed by atoms with Gasteiger partial charge in [-0.2, -0.15) is 0 Å². The smallest absolute Gasteiger partial charge is 0.323 e. The molecule has 0 aliphatic heterocycles. The van der Waals surface area contributed by atoms with E-state index in [0.29, 0.717) is 6.42 Å². The molecule has 0 heterocycles. The maximum Gasteiger partial charge on any atom is 0.323 e. The van der Waals surface area contributed by atoms with E-state index in [-0.39, 0.29) is 23.1 Å². The molecule has 0 aliphatic rings. The fourth-order valence-corrected chi connectivity index (χ4v) is 1.68. The molecular formula is C13H17NO5. The highest BCUT2D eigenvalue weighted by Crippen LogP contribution is 2.22. The molecule has 1 atom stereocenters. The molecule has 1 unspecified atom stereocenters. The summed E-state index contributed by atoms with van der Waals surface area (Å²) in [5.41, 5.74) is 0.0547. The number of aromatic hydroxyl groups is 2. The van der Waals surface area contributed by atoms with Gasteiger partial charge in [-0.25, -0.2) is 0 Å². The highest BCUT2D eigenvalue weighted by molar-refractivity contribution is 5.96. The standard InChI is InChI=1S/C13H17NO5/c1-3-8(2)14(7-12(17)18)13(19)9-4-10(15)6-11(16)5-9/h4-6,8,15-16H,3,7H2,1-2H3,(H,17,18). The average Bonchev–Trinajstić information content (AvgIpc) is 2.32. The molecule has 0 aliphatic carbocycles. The van der Waals surface area contributed by atoms with Gasteiger partial charge in [0.15, 0.2) is 0 Å². The summed E-state index contributed by atoms with van der Waals surface area (Å²) in [5.74, 6) is -2.15. The Morgan fingerprint density at radius 3 is 2.16 bits per heavy atom. The summed E-state index contributed by atoms with van der Waals surface area (Å²) in [6.45, 7) is 3.15. The third kappa shape index (κ3) is 3.87. The fourth-order valence-electron chi connectivity index (χ4n) is 1.68. The SMILES string of the molecule is CCC(C)N(CC(=O)O)C(=O)c1cc(O)cc(O)c1. The maximum absolute atomic E-state index is 12.2. The van der Waals surface area contributed by atoms with Crippen molar-refractivity contribution in [2.45, 2.75) is 26.3 Å². The van der Waals surface area contributed by atoms with E-state index >= 15 is 0 Å². The number of benzene rings is 1. The minimum Gasteiger partial charge on any atom is -0.508 e. The van der Waals surface area contributed by atoms with Gasteiger partial charge in [0.05, 0.1) is 0 Å². The van der Waals surface area contributed by atoms with Crippen LogP contribution in [0.2, 0.25) is 0 Å². The van der Waals surface area contributed by atoms with Crippen LogP contribution in [0, 0.1) is 0 Å². The van der Waals surface area contributed by atoms with Crippen LogP contribution in [0.4, 0.5) is 0 Å². The van der Waals surface area contributed by atoms with E-state index in [2.05, 4.69) is 0 Å². The zero-order valence-electron chi connectivity index (χ0n) is 10.8. The zero-order valence-corrected chi connectivity index (χ0v) is 10.8. The number of phenols is 2. The number of phenolic OH excluding ortho intramolecular Hbond substituents is 2. The van der Waals surface area contributed by atoms with Gasteiger partial charge in [0, 0.05) is 17.7 Å². The summed E-state index contributed by atoms with van der Waals surface area (Å²) in [6.07, 6.45) is 0.601. The number of carboxylic acids is 1. The van der Waals surface area contributed by atoms with Crippen molar-refractivity contribution in [2.75, 3.05) is 6.54 Å². The minimum atomic E-state index is -1.11. The predicted molar refractivity (Wildman–Crippen MR) is 68.2 cm³/mol. The van der Waals surface area contributed by atoms with Crippen LogP contribution in [0.3, 0.4) is 0 Å². The van der Waals surface area contributed by atoms with Crippen LogP contribution in [-0.2, 0) is 4.79 Å². The van der Waals surface area contributed by atoms with Gasteiger partial charge in [-0.05, 0) is 25.5 Å². The van der Waals surface area contributed by atoms with Crippen molar-refractivity contribution < 1.29 is 24.9 Å². The Balaban J connectivity index is 3.07. The summed E-state index contributed by atoms with van der Waals surface area (Å²) in [6, 6.07) is 3.23. The molecule has 1 amide bonds. The number of nitrogens with zero attached hydrogens (tertiary/aromatic N) is 1. The van der Waals surface area contributed by atoms with Crippen molar-refractivity contribution in [1.82, 2.24) is 4.90 Å². The fraction of sp³-hybridized carbons (Fsp3) is 0.385. The Hall–Kier alpha value is -2.24. The van der Waals surface area contributed by atoms with Crippen LogP contribution in [0.1, 0.15) is 30.6 Å². The molecule has 1 rings (SSSR count). The van der Waals surface area contributed by atoms with Crippen molar-refractivity contribution in [3.63, 3.8) is 0 Å². The molecule has 0 fully saturated rings. The molecule has 0 bridgehead atoms. The molecule has 0 spiro atoms. The molecule has 0 saturated carbocycles. The molecule has 0 saturated heterocycles. The summed E-state index contributed by atoms with van der Waals surface area (Å²) >= 11 is 0. The van der Waals surface area contributed by atoms with Crippen molar-refractivity contribution >= 4 is 11.9 Å². The van der Waals surface area contributed by atoms with E-state index in [4.69, 9.17) is 5.11 Å². The molecule has 6 heteroatoms. The quantitative estimate of drug-likeness (QED) is 0.749. The van der Waals surface area contributed by atoms with Crippen molar-refractivity contribution in [3.05, 3.63) is 23.8 Å². The van der Waals surface area contributed by atoms with Gasteiger partial charge >= 0.3 is 5.97 Å². The highest BCUT2D eigenvalue weighted by Gasteiger charge is 2.23.